The fourth-order valence-electron chi connectivity index (χ4n) is 1.96. The standard InChI is InChI=1S/C13H14F13NO/c1-3-5-27(6-4-2)7(28)8(14,15)9(16,17)10(18,19)11(20,21)12(22,23)13(24,25)26/h3-6H2,1-2H3. The minimum Gasteiger partial charge on any atom is -0.337 e. The number of amides is 1. The molecule has 0 heterocycles. The highest BCUT2D eigenvalue weighted by atomic mass is 19.4. The fourth-order valence-corrected chi connectivity index (χ4v) is 1.96. The SMILES string of the molecule is CCCN(CCC)C(=O)C(F)(F)C(F)(F)C(F)(F)C(F)(F)C(F)(F)C(F)(F)F. The highest BCUT2D eigenvalue weighted by molar-refractivity contribution is 5.85. The highest BCUT2D eigenvalue weighted by Crippen LogP contribution is 2.60. The van der Waals surface area contributed by atoms with Gasteiger partial charge in [0.25, 0.3) is 5.91 Å². The van der Waals surface area contributed by atoms with Crippen LogP contribution in [0.3, 0.4) is 0 Å². The van der Waals surface area contributed by atoms with Gasteiger partial charge >= 0.3 is 35.8 Å². The van der Waals surface area contributed by atoms with Crippen LogP contribution in [0.25, 0.3) is 0 Å². The van der Waals surface area contributed by atoms with Crippen molar-refractivity contribution in [1.82, 2.24) is 4.90 Å². The second-order valence-electron chi connectivity index (χ2n) is 5.66. The summed E-state index contributed by atoms with van der Waals surface area (Å²) in [6.07, 6.45) is -7.83. The number of hydrogen-bond donors (Lipinski definition) is 0. The first kappa shape index (κ1) is 26.6. The van der Waals surface area contributed by atoms with Crippen molar-refractivity contribution in [2.75, 3.05) is 13.1 Å². The third-order valence-electron chi connectivity index (χ3n) is 3.48. The van der Waals surface area contributed by atoms with Crippen molar-refractivity contribution in [3.05, 3.63) is 0 Å². The van der Waals surface area contributed by atoms with Gasteiger partial charge in [-0.1, -0.05) is 13.8 Å². The van der Waals surface area contributed by atoms with E-state index in [-0.39, 0.29) is 17.7 Å². The zero-order valence-electron chi connectivity index (χ0n) is 14.1. The third-order valence-corrected chi connectivity index (χ3v) is 3.48. The number of alkyl halides is 13. The van der Waals surface area contributed by atoms with Gasteiger partial charge in [0.2, 0.25) is 0 Å². The largest absolute Gasteiger partial charge is 0.460 e. The maximum atomic E-state index is 13.7. The molecular formula is C13H14F13NO. The van der Waals surface area contributed by atoms with Gasteiger partial charge in [0.05, 0.1) is 0 Å². The quantitative estimate of drug-likeness (QED) is 0.435. The lowest BCUT2D eigenvalue weighted by Crippen LogP contribution is -2.72. The van der Waals surface area contributed by atoms with E-state index < -0.39 is 54.8 Å². The first-order valence-corrected chi connectivity index (χ1v) is 7.43. The van der Waals surface area contributed by atoms with Crippen molar-refractivity contribution in [3.63, 3.8) is 0 Å². The molecule has 0 bridgehead atoms. The molecule has 0 aliphatic heterocycles. The van der Waals surface area contributed by atoms with E-state index in [9.17, 15) is 61.9 Å². The van der Waals surface area contributed by atoms with Crippen molar-refractivity contribution in [2.45, 2.75) is 62.5 Å². The van der Waals surface area contributed by atoms with Crippen LogP contribution in [0.4, 0.5) is 57.1 Å². The Kier molecular flexibility index (Phi) is 7.37. The van der Waals surface area contributed by atoms with Crippen LogP contribution in [0.1, 0.15) is 26.7 Å². The number of carbonyl (C=O) groups is 1. The molecule has 0 rings (SSSR count). The molecule has 0 fully saturated rings. The predicted molar refractivity (Wildman–Crippen MR) is 68.0 cm³/mol. The maximum absolute atomic E-state index is 13.7. The number of hydrogen-bond acceptors (Lipinski definition) is 1. The van der Waals surface area contributed by atoms with E-state index in [0.717, 1.165) is 0 Å². The van der Waals surface area contributed by atoms with Crippen molar-refractivity contribution < 1.29 is 61.9 Å². The first-order valence-electron chi connectivity index (χ1n) is 7.43. The Labute approximate surface area is 149 Å². The Balaban J connectivity index is 6.34. The van der Waals surface area contributed by atoms with Gasteiger partial charge in [-0.05, 0) is 12.8 Å². The zero-order valence-corrected chi connectivity index (χ0v) is 14.1. The van der Waals surface area contributed by atoms with E-state index in [2.05, 4.69) is 0 Å². The van der Waals surface area contributed by atoms with Crippen LogP contribution in [-0.2, 0) is 4.79 Å². The van der Waals surface area contributed by atoms with Gasteiger partial charge in [-0.2, -0.15) is 57.1 Å². The molecule has 0 atom stereocenters. The van der Waals surface area contributed by atoms with E-state index in [4.69, 9.17) is 0 Å². The Morgan fingerprint density at radius 1 is 0.607 bits per heavy atom. The molecule has 0 aliphatic carbocycles. The van der Waals surface area contributed by atoms with Crippen LogP contribution >= 0.6 is 0 Å². The minimum absolute atomic E-state index is 0.121. The van der Waals surface area contributed by atoms with Gasteiger partial charge in [0.15, 0.2) is 0 Å². The van der Waals surface area contributed by atoms with Crippen molar-refractivity contribution in [3.8, 4) is 0 Å². The average molecular weight is 447 g/mol. The van der Waals surface area contributed by atoms with Gasteiger partial charge in [0, 0.05) is 13.1 Å². The molecule has 0 radical (unpaired) electrons. The van der Waals surface area contributed by atoms with Crippen LogP contribution in [-0.4, -0.2) is 59.7 Å². The molecule has 0 N–H and O–H groups in total. The number of halogens is 13. The Bertz CT molecular complexity index is 549. The molecule has 168 valence electrons. The van der Waals surface area contributed by atoms with Crippen LogP contribution in [0.15, 0.2) is 0 Å². The summed E-state index contributed by atoms with van der Waals surface area (Å²) in [5.41, 5.74) is 0. The van der Waals surface area contributed by atoms with Crippen LogP contribution in [0.2, 0.25) is 0 Å². The Hall–Kier alpha value is -1.44. The molecule has 0 saturated carbocycles. The highest BCUT2D eigenvalue weighted by Gasteiger charge is 2.91. The molecule has 0 aromatic carbocycles. The zero-order chi connectivity index (χ0) is 23.0. The monoisotopic (exact) mass is 447 g/mol. The summed E-state index contributed by atoms with van der Waals surface area (Å²) in [7, 11) is 0. The Morgan fingerprint density at radius 3 is 1.21 bits per heavy atom. The maximum Gasteiger partial charge on any atom is 0.460 e. The fraction of sp³-hybridized carbons (Fsp3) is 0.923. The van der Waals surface area contributed by atoms with E-state index in [1.807, 2.05) is 0 Å². The van der Waals surface area contributed by atoms with Crippen molar-refractivity contribution >= 4 is 5.91 Å². The summed E-state index contributed by atoms with van der Waals surface area (Å²) in [6, 6.07) is 0. The summed E-state index contributed by atoms with van der Waals surface area (Å²) in [6.45, 7) is 1.02. The van der Waals surface area contributed by atoms with Crippen LogP contribution < -0.4 is 0 Å². The van der Waals surface area contributed by atoms with Gasteiger partial charge in [-0.15, -0.1) is 0 Å². The summed E-state index contributed by atoms with van der Waals surface area (Å²) in [4.78, 5) is 11.4. The summed E-state index contributed by atoms with van der Waals surface area (Å²) >= 11 is 0. The lowest BCUT2D eigenvalue weighted by molar-refractivity contribution is -0.436. The number of carbonyl (C=O) groups excluding carboxylic acids is 1. The van der Waals surface area contributed by atoms with Crippen LogP contribution in [0, 0.1) is 0 Å². The number of rotatable bonds is 9. The van der Waals surface area contributed by atoms with Gasteiger partial charge in [0.1, 0.15) is 0 Å². The van der Waals surface area contributed by atoms with Gasteiger partial charge in [-0.3, -0.25) is 4.79 Å². The molecule has 0 aromatic rings. The Morgan fingerprint density at radius 2 is 0.929 bits per heavy atom. The molecule has 2 nitrogen and oxygen atoms in total. The molecule has 0 spiro atoms. The minimum atomic E-state index is -8.01. The van der Waals surface area contributed by atoms with E-state index >= 15 is 0 Å². The molecule has 0 saturated heterocycles. The molecule has 0 aliphatic rings. The van der Waals surface area contributed by atoms with Crippen LogP contribution in [0.5, 0.6) is 0 Å². The lowest BCUT2D eigenvalue weighted by atomic mass is 9.93. The van der Waals surface area contributed by atoms with E-state index in [1.165, 1.54) is 13.8 Å². The smallest absolute Gasteiger partial charge is 0.337 e. The second kappa shape index (κ2) is 7.76. The number of nitrogens with zero attached hydrogens (tertiary/aromatic N) is 1. The molecule has 15 heteroatoms. The van der Waals surface area contributed by atoms with Gasteiger partial charge in [-0.25, -0.2) is 0 Å². The van der Waals surface area contributed by atoms with Gasteiger partial charge < -0.3 is 4.90 Å². The predicted octanol–water partition coefficient (Wildman–Crippen LogP) is 5.37. The summed E-state index contributed by atoms with van der Waals surface area (Å²) in [5.74, 6) is -41.2. The molecule has 1 amide bonds. The molecule has 28 heavy (non-hydrogen) atoms. The average Bonchev–Trinajstić information content (AvgIpc) is 2.52. The summed E-state index contributed by atoms with van der Waals surface area (Å²) < 4.78 is 169. The molecule has 0 aromatic heterocycles. The van der Waals surface area contributed by atoms with E-state index in [1.54, 1.807) is 0 Å². The topological polar surface area (TPSA) is 20.3 Å². The normalized spacial score (nSPS) is 15.0. The second-order valence-corrected chi connectivity index (χ2v) is 5.66. The van der Waals surface area contributed by atoms with Crippen molar-refractivity contribution in [1.29, 1.82) is 0 Å². The molecular weight excluding hydrogens is 433 g/mol. The lowest BCUT2D eigenvalue weighted by Gasteiger charge is -2.40. The first-order chi connectivity index (χ1) is 12.2. The summed E-state index contributed by atoms with van der Waals surface area (Å²) in [5, 5.41) is 0. The molecule has 0 unspecified atom stereocenters. The van der Waals surface area contributed by atoms with E-state index in [0.29, 0.717) is 0 Å². The third kappa shape index (κ3) is 3.84. The van der Waals surface area contributed by atoms with Crippen molar-refractivity contribution in [2.24, 2.45) is 0 Å².